The zero-order valence-electron chi connectivity index (χ0n) is 14.9. The standard InChI is InChI=1S/2C8H19O2P.Fe/c2*1-2-3-4-5-6-7-8-11(9)10;/h2*11H,2-8H2,1H3,(H,9,10);/q;;+2/p-2. The zero-order valence-corrected chi connectivity index (χ0v) is 18.0. The average Bonchev–Trinajstić information content (AvgIpc) is 2.46. The fourth-order valence-electron chi connectivity index (χ4n) is 2.10. The van der Waals surface area contributed by atoms with Gasteiger partial charge in [0, 0.05) is 16.1 Å². The Hall–Kier alpha value is 0.899. The van der Waals surface area contributed by atoms with Crippen molar-refractivity contribution in [1.82, 2.24) is 0 Å². The average molecular weight is 410 g/mol. The van der Waals surface area contributed by atoms with E-state index in [9.17, 15) is 18.9 Å². The normalized spacial score (nSPS) is 12.7. The Morgan fingerprint density at radius 1 is 0.565 bits per heavy atom. The first-order valence-corrected chi connectivity index (χ1v) is 12.0. The van der Waals surface area contributed by atoms with Crippen molar-refractivity contribution in [2.75, 3.05) is 12.3 Å². The van der Waals surface area contributed by atoms with Gasteiger partial charge in [-0.3, -0.25) is 0 Å². The van der Waals surface area contributed by atoms with E-state index in [1.54, 1.807) is 0 Å². The molecule has 142 valence electrons. The monoisotopic (exact) mass is 410 g/mol. The van der Waals surface area contributed by atoms with Gasteiger partial charge in [0.05, 0.1) is 0 Å². The molecular weight excluding hydrogens is 374 g/mol. The van der Waals surface area contributed by atoms with Gasteiger partial charge in [0.25, 0.3) is 0 Å². The molecule has 2 atom stereocenters. The molecular formula is C16H36FeO4P2. The molecule has 0 fully saturated rings. The van der Waals surface area contributed by atoms with E-state index in [4.69, 9.17) is 0 Å². The van der Waals surface area contributed by atoms with Gasteiger partial charge in [-0.05, 0) is 25.2 Å². The van der Waals surface area contributed by atoms with Crippen LogP contribution in [0.3, 0.4) is 0 Å². The summed E-state index contributed by atoms with van der Waals surface area (Å²) in [6.07, 6.45) is 14.7. The molecule has 0 aliphatic heterocycles. The smallest absolute Gasteiger partial charge is 0.802 e. The quantitative estimate of drug-likeness (QED) is 0.242. The van der Waals surface area contributed by atoms with Crippen LogP contribution in [-0.4, -0.2) is 12.3 Å². The number of unbranched alkanes of at least 4 members (excludes halogenated alkanes) is 10. The van der Waals surface area contributed by atoms with Crippen molar-refractivity contribution in [2.24, 2.45) is 0 Å². The molecule has 0 amide bonds. The molecule has 0 rings (SSSR count). The molecule has 2 unspecified atom stereocenters. The van der Waals surface area contributed by atoms with Crippen molar-refractivity contribution < 1.29 is 36.0 Å². The summed E-state index contributed by atoms with van der Waals surface area (Å²) >= 11 is 0. The van der Waals surface area contributed by atoms with Crippen LogP contribution in [0.5, 0.6) is 0 Å². The molecule has 0 radical (unpaired) electrons. The molecule has 0 saturated heterocycles. The Kier molecular flexibility index (Phi) is 31.4. The summed E-state index contributed by atoms with van der Waals surface area (Å²) in [7, 11) is -4.85. The molecule has 23 heavy (non-hydrogen) atoms. The third-order valence-electron chi connectivity index (χ3n) is 3.47. The Morgan fingerprint density at radius 2 is 0.826 bits per heavy atom. The maximum Gasteiger partial charge on any atom is 2.00 e. The van der Waals surface area contributed by atoms with Gasteiger partial charge in [0.15, 0.2) is 0 Å². The maximum atomic E-state index is 10.2. The fraction of sp³-hybridized carbons (Fsp3) is 1.00. The van der Waals surface area contributed by atoms with Gasteiger partial charge >= 0.3 is 17.1 Å². The molecule has 0 aliphatic carbocycles. The van der Waals surface area contributed by atoms with E-state index < -0.39 is 16.1 Å². The van der Waals surface area contributed by atoms with Crippen LogP contribution in [0.4, 0.5) is 0 Å². The van der Waals surface area contributed by atoms with Crippen LogP contribution >= 0.6 is 16.1 Å². The largest absolute Gasteiger partial charge is 2.00 e. The number of rotatable bonds is 14. The molecule has 0 N–H and O–H groups in total. The Labute approximate surface area is 155 Å². The molecule has 0 heterocycles. The first kappa shape index (κ1) is 28.7. The van der Waals surface area contributed by atoms with Crippen LogP contribution in [0.1, 0.15) is 90.9 Å². The fourth-order valence-corrected chi connectivity index (χ4v) is 3.18. The van der Waals surface area contributed by atoms with Crippen LogP contribution < -0.4 is 9.79 Å². The third-order valence-corrected chi connectivity index (χ3v) is 4.99. The van der Waals surface area contributed by atoms with Gasteiger partial charge in [-0.25, -0.2) is 0 Å². The van der Waals surface area contributed by atoms with E-state index in [-0.39, 0.29) is 17.1 Å². The van der Waals surface area contributed by atoms with Crippen LogP contribution in [0.15, 0.2) is 0 Å². The summed E-state index contributed by atoms with van der Waals surface area (Å²) in [5.74, 6) is 0. The van der Waals surface area contributed by atoms with Gasteiger partial charge < -0.3 is 18.9 Å². The topological polar surface area (TPSA) is 80.3 Å². The molecule has 7 heteroatoms. The van der Waals surface area contributed by atoms with Crippen molar-refractivity contribution in [1.29, 1.82) is 0 Å². The van der Waals surface area contributed by atoms with Gasteiger partial charge in [0.2, 0.25) is 0 Å². The molecule has 0 aromatic rings. The van der Waals surface area contributed by atoms with Crippen LogP contribution in [-0.2, 0) is 26.2 Å². The van der Waals surface area contributed by atoms with Gasteiger partial charge in [-0.15, -0.1) is 0 Å². The summed E-state index contributed by atoms with van der Waals surface area (Å²) in [6, 6.07) is 0. The Morgan fingerprint density at radius 3 is 1.09 bits per heavy atom. The summed E-state index contributed by atoms with van der Waals surface area (Å²) in [4.78, 5) is 20.3. The summed E-state index contributed by atoms with van der Waals surface area (Å²) in [5, 5.41) is 0. The molecule has 0 spiro atoms. The zero-order chi connectivity index (χ0) is 17.1. The molecule has 0 aromatic carbocycles. The van der Waals surface area contributed by atoms with Crippen molar-refractivity contribution in [3.63, 3.8) is 0 Å². The Balaban J connectivity index is -0.000000333. The molecule has 4 nitrogen and oxygen atoms in total. The van der Waals surface area contributed by atoms with Crippen LogP contribution in [0.25, 0.3) is 0 Å². The van der Waals surface area contributed by atoms with Crippen molar-refractivity contribution >= 4 is 16.1 Å². The van der Waals surface area contributed by atoms with E-state index in [1.807, 2.05) is 0 Å². The van der Waals surface area contributed by atoms with Crippen molar-refractivity contribution in [2.45, 2.75) is 90.9 Å². The first-order valence-electron chi connectivity index (χ1n) is 8.94. The molecule has 0 aromatic heterocycles. The van der Waals surface area contributed by atoms with Gasteiger partial charge in [0.1, 0.15) is 0 Å². The van der Waals surface area contributed by atoms with Gasteiger partial charge in [-0.1, -0.05) is 78.1 Å². The summed E-state index contributed by atoms with van der Waals surface area (Å²) in [5.41, 5.74) is 0. The SMILES string of the molecule is CCCCCCCC[PH](=O)[O-].CCCCCCCC[PH](=O)[O-].[Fe+2]. The summed E-state index contributed by atoms with van der Waals surface area (Å²) < 4.78 is 20.3. The van der Waals surface area contributed by atoms with E-state index in [1.165, 1.54) is 51.4 Å². The van der Waals surface area contributed by atoms with E-state index in [0.29, 0.717) is 12.3 Å². The predicted octanol–water partition coefficient (Wildman–Crippen LogP) is 4.36. The van der Waals surface area contributed by atoms with Crippen molar-refractivity contribution in [3.8, 4) is 0 Å². The minimum atomic E-state index is -2.43. The second-order valence-corrected chi connectivity index (χ2v) is 8.27. The minimum absolute atomic E-state index is 0. The van der Waals surface area contributed by atoms with Crippen LogP contribution in [0, 0.1) is 0 Å². The van der Waals surface area contributed by atoms with Crippen LogP contribution in [0.2, 0.25) is 0 Å². The van der Waals surface area contributed by atoms with E-state index >= 15 is 0 Å². The van der Waals surface area contributed by atoms with Gasteiger partial charge in [-0.2, -0.15) is 0 Å². The number of hydrogen-bond donors (Lipinski definition) is 0. The Bertz CT molecular complexity index is 240. The predicted molar refractivity (Wildman–Crippen MR) is 94.5 cm³/mol. The maximum absolute atomic E-state index is 10.2. The minimum Gasteiger partial charge on any atom is -0.802 e. The second-order valence-electron chi connectivity index (χ2n) is 5.78. The van der Waals surface area contributed by atoms with E-state index in [0.717, 1.165) is 25.7 Å². The molecule has 0 saturated carbocycles. The first-order chi connectivity index (χ1) is 10.5. The second kappa shape index (κ2) is 25.1. The third kappa shape index (κ3) is 35.0. The molecule has 0 bridgehead atoms. The molecule has 0 aliphatic rings. The number of hydrogen-bond acceptors (Lipinski definition) is 4. The van der Waals surface area contributed by atoms with E-state index in [2.05, 4.69) is 13.8 Å². The van der Waals surface area contributed by atoms with Crippen molar-refractivity contribution in [3.05, 3.63) is 0 Å². The summed E-state index contributed by atoms with van der Waals surface area (Å²) in [6.45, 7) is 4.35.